The van der Waals surface area contributed by atoms with E-state index in [0.717, 1.165) is 18.7 Å². The molecule has 0 bridgehead atoms. The Morgan fingerprint density at radius 3 is 2.78 bits per heavy atom. The van der Waals surface area contributed by atoms with Gasteiger partial charge in [-0.2, -0.15) is 10.2 Å². The molecule has 2 heterocycles. The topological polar surface area (TPSA) is 72.1 Å². The molecule has 0 aliphatic carbocycles. The lowest BCUT2D eigenvalue weighted by molar-refractivity contribution is 0.0659. The number of nitrogens with zero attached hydrogens (tertiary/aromatic N) is 3. The van der Waals surface area contributed by atoms with Crippen LogP contribution in [-0.4, -0.2) is 40.1 Å². The lowest BCUT2D eigenvalue weighted by atomic mass is 9.96. The maximum Gasteiger partial charge on any atom is 0.255 e. The van der Waals surface area contributed by atoms with Crippen LogP contribution in [0.5, 0.6) is 0 Å². The third kappa shape index (κ3) is 2.67. The van der Waals surface area contributed by atoms with Gasteiger partial charge in [0.1, 0.15) is 0 Å². The highest BCUT2D eigenvalue weighted by Crippen LogP contribution is 2.18. The van der Waals surface area contributed by atoms with Crippen molar-refractivity contribution in [3.63, 3.8) is 0 Å². The summed E-state index contributed by atoms with van der Waals surface area (Å²) in [5.41, 5.74) is 8.06. The first kappa shape index (κ1) is 13.0. The summed E-state index contributed by atoms with van der Waals surface area (Å²) in [7, 11) is 0. The quantitative estimate of drug-likeness (QED) is 0.801. The second-order valence-electron chi connectivity index (χ2n) is 5.30. The van der Waals surface area contributed by atoms with Crippen molar-refractivity contribution in [3.05, 3.63) is 23.0 Å². The maximum absolute atomic E-state index is 12.5. The average molecular weight is 248 g/mol. The number of piperidine rings is 1. The molecule has 0 saturated carbocycles. The normalized spacial score (nSPS) is 24.1. The summed E-state index contributed by atoms with van der Waals surface area (Å²) in [4.78, 5) is 14.3. The molecule has 1 aliphatic heterocycles. The van der Waals surface area contributed by atoms with Crippen LogP contribution in [0.2, 0.25) is 0 Å². The second kappa shape index (κ2) is 5.02. The highest BCUT2D eigenvalue weighted by Gasteiger charge is 2.27. The molecule has 1 aliphatic rings. The first-order valence-corrected chi connectivity index (χ1v) is 6.33. The number of nitrogens with two attached hydrogens (primary N) is 1. The van der Waals surface area contributed by atoms with Crippen molar-refractivity contribution in [2.45, 2.75) is 33.2 Å². The van der Waals surface area contributed by atoms with Gasteiger partial charge in [0.15, 0.2) is 0 Å². The van der Waals surface area contributed by atoms with Crippen LogP contribution in [0.1, 0.15) is 35.1 Å². The van der Waals surface area contributed by atoms with Gasteiger partial charge in [0.2, 0.25) is 0 Å². The average Bonchev–Trinajstić information content (AvgIpc) is 2.30. The van der Waals surface area contributed by atoms with Gasteiger partial charge in [-0.25, -0.2) is 0 Å². The van der Waals surface area contributed by atoms with E-state index in [1.807, 2.05) is 18.7 Å². The Kier molecular flexibility index (Phi) is 3.61. The van der Waals surface area contributed by atoms with Crippen LogP contribution in [0.3, 0.4) is 0 Å². The zero-order valence-corrected chi connectivity index (χ0v) is 11.2. The summed E-state index contributed by atoms with van der Waals surface area (Å²) < 4.78 is 0. The maximum atomic E-state index is 12.5. The highest BCUT2D eigenvalue weighted by molar-refractivity contribution is 5.95. The lowest BCUT2D eigenvalue weighted by Crippen LogP contribution is -2.49. The van der Waals surface area contributed by atoms with Gasteiger partial charge in [-0.15, -0.1) is 0 Å². The van der Waals surface area contributed by atoms with E-state index in [-0.39, 0.29) is 11.9 Å². The standard InChI is InChI=1S/C13H20N4O/c1-8-4-11(14)7-17(6-8)13(18)12-5-9(2)15-16-10(12)3/h5,8,11H,4,6-7,14H2,1-3H3. The Morgan fingerprint density at radius 2 is 2.11 bits per heavy atom. The van der Waals surface area contributed by atoms with E-state index >= 15 is 0 Å². The number of carbonyl (C=O) groups is 1. The van der Waals surface area contributed by atoms with Crippen molar-refractivity contribution >= 4 is 5.91 Å². The zero-order chi connectivity index (χ0) is 13.3. The molecule has 0 spiro atoms. The van der Waals surface area contributed by atoms with Crippen LogP contribution in [0.15, 0.2) is 6.07 Å². The highest BCUT2D eigenvalue weighted by atomic mass is 16.2. The summed E-state index contributed by atoms with van der Waals surface area (Å²) in [6, 6.07) is 1.88. The van der Waals surface area contributed by atoms with Gasteiger partial charge in [-0.3, -0.25) is 4.79 Å². The van der Waals surface area contributed by atoms with Crippen LogP contribution < -0.4 is 5.73 Å². The fourth-order valence-corrected chi connectivity index (χ4v) is 2.50. The van der Waals surface area contributed by atoms with Crippen molar-refractivity contribution in [2.75, 3.05) is 13.1 Å². The molecule has 18 heavy (non-hydrogen) atoms. The number of aryl methyl sites for hydroxylation is 2. The van der Waals surface area contributed by atoms with Crippen LogP contribution in [0.4, 0.5) is 0 Å². The Labute approximate surface area is 107 Å². The van der Waals surface area contributed by atoms with Gasteiger partial charge in [0.25, 0.3) is 5.91 Å². The van der Waals surface area contributed by atoms with E-state index in [4.69, 9.17) is 5.73 Å². The molecule has 98 valence electrons. The number of aromatic nitrogens is 2. The lowest BCUT2D eigenvalue weighted by Gasteiger charge is -2.35. The van der Waals surface area contributed by atoms with Gasteiger partial charge < -0.3 is 10.6 Å². The SMILES string of the molecule is Cc1cc(C(=O)N2CC(C)CC(N)C2)c(C)nn1. The minimum Gasteiger partial charge on any atom is -0.337 e. The predicted molar refractivity (Wildman–Crippen MR) is 69.2 cm³/mol. The van der Waals surface area contributed by atoms with Gasteiger partial charge in [0.05, 0.1) is 17.0 Å². The molecule has 2 N–H and O–H groups in total. The molecule has 1 aromatic heterocycles. The Hall–Kier alpha value is -1.49. The molecule has 1 aromatic rings. The van der Waals surface area contributed by atoms with E-state index in [2.05, 4.69) is 17.1 Å². The predicted octanol–water partition coefficient (Wildman–Crippen LogP) is 0.903. The van der Waals surface area contributed by atoms with Crippen LogP contribution in [0.25, 0.3) is 0 Å². The zero-order valence-electron chi connectivity index (χ0n) is 11.2. The number of likely N-dealkylation sites (tertiary alicyclic amines) is 1. The first-order chi connectivity index (χ1) is 8.47. The molecule has 0 aromatic carbocycles. The van der Waals surface area contributed by atoms with Crippen molar-refractivity contribution in [2.24, 2.45) is 11.7 Å². The fourth-order valence-electron chi connectivity index (χ4n) is 2.50. The first-order valence-electron chi connectivity index (χ1n) is 6.33. The Bertz CT molecular complexity index is 450. The molecule has 1 fully saturated rings. The molecular formula is C13H20N4O. The Morgan fingerprint density at radius 1 is 1.39 bits per heavy atom. The van der Waals surface area contributed by atoms with E-state index in [0.29, 0.717) is 23.7 Å². The molecule has 2 rings (SSSR count). The smallest absolute Gasteiger partial charge is 0.255 e. The number of hydrogen-bond donors (Lipinski definition) is 1. The molecule has 5 heteroatoms. The fraction of sp³-hybridized carbons (Fsp3) is 0.615. The van der Waals surface area contributed by atoms with Gasteiger partial charge >= 0.3 is 0 Å². The summed E-state index contributed by atoms with van der Waals surface area (Å²) in [6.45, 7) is 7.18. The molecule has 1 saturated heterocycles. The van der Waals surface area contributed by atoms with Crippen molar-refractivity contribution in [3.8, 4) is 0 Å². The van der Waals surface area contributed by atoms with Gasteiger partial charge in [-0.1, -0.05) is 6.92 Å². The minimum atomic E-state index is 0.0208. The third-order valence-electron chi connectivity index (χ3n) is 3.31. The number of amides is 1. The van der Waals surface area contributed by atoms with Crippen molar-refractivity contribution in [1.82, 2.24) is 15.1 Å². The van der Waals surface area contributed by atoms with Crippen LogP contribution >= 0.6 is 0 Å². The molecule has 2 atom stereocenters. The van der Waals surface area contributed by atoms with E-state index in [1.54, 1.807) is 6.07 Å². The summed E-state index contributed by atoms with van der Waals surface area (Å²) >= 11 is 0. The minimum absolute atomic E-state index is 0.0208. The summed E-state index contributed by atoms with van der Waals surface area (Å²) in [6.07, 6.45) is 0.983. The number of carbonyl (C=O) groups excluding carboxylic acids is 1. The molecule has 0 radical (unpaired) electrons. The summed E-state index contributed by atoms with van der Waals surface area (Å²) in [5, 5.41) is 7.96. The van der Waals surface area contributed by atoms with E-state index < -0.39 is 0 Å². The molecule has 5 nitrogen and oxygen atoms in total. The number of hydrogen-bond acceptors (Lipinski definition) is 4. The largest absolute Gasteiger partial charge is 0.337 e. The number of rotatable bonds is 1. The van der Waals surface area contributed by atoms with E-state index in [9.17, 15) is 4.79 Å². The van der Waals surface area contributed by atoms with E-state index in [1.165, 1.54) is 0 Å². The molecular weight excluding hydrogens is 228 g/mol. The van der Waals surface area contributed by atoms with Gasteiger partial charge in [-0.05, 0) is 32.3 Å². The second-order valence-corrected chi connectivity index (χ2v) is 5.30. The molecule has 2 unspecified atom stereocenters. The van der Waals surface area contributed by atoms with Crippen LogP contribution in [-0.2, 0) is 0 Å². The van der Waals surface area contributed by atoms with Crippen molar-refractivity contribution in [1.29, 1.82) is 0 Å². The third-order valence-corrected chi connectivity index (χ3v) is 3.31. The monoisotopic (exact) mass is 248 g/mol. The van der Waals surface area contributed by atoms with Crippen molar-refractivity contribution < 1.29 is 4.79 Å². The Balaban J connectivity index is 2.22. The molecule has 1 amide bonds. The summed E-state index contributed by atoms with van der Waals surface area (Å²) in [5.74, 6) is 0.474. The van der Waals surface area contributed by atoms with Crippen LogP contribution in [0, 0.1) is 19.8 Å². The van der Waals surface area contributed by atoms with Gasteiger partial charge in [0, 0.05) is 19.1 Å².